The molecule has 1 aliphatic heterocycles. The molecule has 5 nitrogen and oxygen atoms in total. The lowest BCUT2D eigenvalue weighted by molar-refractivity contribution is 0.0951. The van der Waals surface area contributed by atoms with Gasteiger partial charge in [-0.3, -0.25) is 4.79 Å². The molecular weight excluding hydrogens is 286 g/mol. The predicted octanol–water partition coefficient (Wildman–Crippen LogP) is 2.03. The van der Waals surface area contributed by atoms with Crippen LogP contribution in [-0.2, 0) is 4.74 Å². The van der Waals surface area contributed by atoms with Crippen LogP contribution in [0.3, 0.4) is 0 Å². The number of aromatic nitrogens is 1. The molecule has 1 saturated heterocycles. The Morgan fingerprint density at radius 3 is 2.90 bits per heavy atom. The number of ether oxygens (including phenoxy) is 1. The maximum Gasteiger partial charge on any atom is 0.251 e. The molecule has 0 bridgehead atoms. The average molecular weight is 303 g/mol. The first-order valence-electron chi connectivity index (χ1n) is 7.34. The summed E-state index contributed by atoms with van der Waals surface area (Å²) in [5, 5.41) is 4.04. The quantitative estimate of drug-likeness (QED) is 0.942. The highest BCUT2D eigenvalue weighted by atomic mass is 32.1. The van der Waals surface area contributed by atoms with Crippen molar-refractivity contribution in [1.82, 2.24) is 10.3 Å². The third kappa shape index (κ3) is 2.73. The van der Waals surface area contributed by atoms with Gasteiger partial charge in [-0.2, -0.15) is 0 Å². The lowest BCUT2D eigenvalue weighted by atomic mass is 10.2. The van der Waals surface area contributed by atoms with Crippen LogP contribution in [0.2, 0.25) is 0 Å². The van der Waals surface area contributed by atoms with Gasteiger partial charge in [0.25, 0.3) is 5.91 Å². The second-order valence-electron chi connectivity index (χ2n) is 5.53. The zero-order valence-corrected chi connectivity index (χ0v) is 12.5. The van der Waals surface area contributed by atoms with Gasteiger partial charge in [-0.1, -0.05) is 11.3 Å². The Kier molecular flexibility index (Phi) is 3.27. The molecule has 2 fully saturated rings. The van der Waals surface area contributed by atoms with E-state index >= 15 is 0 Å². The number of amides is 1. The lowest BCUT2D eigenvalue weighted by Crippen LogP contribution is -2.36. The smallest absolute Gasteiger partial charge is 0.251 e. The van der Waals surface area contributed by atoms with Gasteiger partial charge in [-0.15, -0.1) is 0 Å². The van der Waals surface area contributed by atoms with Crippen LogP contribution in [0.25, 0.3) is 10.2 Å². The van der Waals surface area contributed by atoms with E-state index in [0.717, 1.165) is 60.1 Å². The van der Waals surface area contributed by atoms with Gasteiger partial charge in [0.15, 0.2) is 5.13 Å². The molecule has 2 heterocycles. The molecule has 1 amide bonds. The Bertz CT molecular complexity index is 675. The summed E-state index contributed by atoms with van der Waals surface area (Å²) in [6.45, 7) is 3.28. The van der Waals surface area contributed by atoms with Gasteiger partial charge < -0.3 is 15.0 Å². The lowest BCUT2D eigenvalue weighted by Gasteiger charge is -2.25. The maximum atomic E-state index is 12.1. The summed E-state index contributed by atoms with van der Waals surface area (Å²) < 4.78 is 6.44. The molecular formula is C15H17N3O2S. The Balaban J connectivity index is 1.59. The summed E-state index contributed by atoms with van der Waals surface area (Å²) in [4.78, 5) is 19.0. The molecule has 1 aromatic carbocycles. The van der Waals surface area contributed by atoms with Gasteiger partial charge >= 0.3 is 0 Å². The van der Waals surface area contributed by atoms with Crippen LogP contribution in [0.1, 0.15) is 23.2 Å². The zero-order valence-electron chi connectivity index (χ0n) is 11.7. The van der Waals surface area contributed by atoms with Gasteiger partial charge in [0.05, 0.1) is 23.4 Å². The Morgan fingerprint density at radius 2 is 2.14 bits per heavy atom. The minimum Gasteiger partial charge on any atom is -0.378 e. The molecule has 1 N–H and O–H groups in total. The summed E-state index contributed by atoms with van der Waals surface area (Å²) in [7, 11) is 0. The maximum absolute atomic E-state index is 12.1. The Labute approximate surface area is 126 Å². The van der Waals surface area contributed by atoms with E-state index in [1.807, 2.05) is 18.2 Å². The molecule has 21 heavy (non-hydrogen) atoms. The van der Waals surface area contributed by atoms with Crippen molar-refractivity contribution < 1.29 is 9.53 Å². The van der Waals surface area contributed by atoms with Crippen molar-refractivity contribution in [3.05, 3.63) is 23.8 Å². The molecule has 110 valence electrons. The van der Waals surface area contributed by atoms with Crippen LogP contribution < -0.4 is 10.2 Å². The number of hydrogen-bond donors (Lipinski definition) is 1. The van der Waals surface area contributed by atoms with Crippen LogP contribution in [0.4, 0.5) is 5.13 Å². The highest BCUT2D eigenvalue weighted by Gasteiger charge is 2.24. The van der Waals surface area contributed by atoms with Crippen molar-refractivity contribution in [2.75, 3.05) is 31.2 Å². The Hall–Kier alpha value is -1.66. The number of benzene rings is 1. The summed E-state index contributed by atoms with van der Waals surface area (Å²) >= 11 is 1.65. The van der Waals surface area contributed by atoms with Crippen LogP contribution >= 0.6 is 11.3 Å². The van der Waals surface area contributed by atoms with Crippen molar-refractivity contribution in [2.24, 2.45) is 0 Å². The molecule has 2 aromatic rings. The van der Waals surface area contributed by atoms with Gasteiger partial charge in [-0.25, -0.2) is 4.98 Å². The van der Waals surface area contributed by atoms with Crippen LogP contribution in [0.5, 0.6) is 0 Å². The monoisotopic (exact) mass is 303 g/mol. The van der Waals surface area contributed by atoms with E-state index in [4.69, 9.17) is 4.74 Å². The number of thiazole rings is 1. The number of anilines is 1. The van der Waals surface area contributed by atoms with E-state index in [0.29, 0.717) is 6.04 Å². The highest BCUT2D eigenvalue weighted by Crippen LogP contribution is 2.30. The Morgan fingerprint density at radius 1 is 1.33 bits per heavy atom. The predicted molar refractivity (Wildman–Crippen MR) is 83.1 cm³/mol. The van der Waals surface area contributed by atoms with Crippen molar-refractivity contribution in [2.45, 2.75) is 18.9 Å². The minimum absolute atomic E-state index is 0.0284. The van der Waals surface area contributed by atoms with Crippen molar-refractivity contribution in [3.63, 3.8) is 0 Å². The van der Waals surface area contributed by atoms with E-state index in [2.05, 4.69) is 15.2 Å². The van der Waals surface area contributed by atoms with Gasteiger partial charge in [0, 0.05) is 24.7 Å². The van der Waals surface area contributed by atoms with Gasteiger partial charge in [0.1, 0.15) is 0 Å². The molecule has 0 spiro atoms. The first-order valence-corrected chi connectivity index (χ1v) is 8.15. The molecule has 1 aliphatic carbocycles. The fourth-order valence-corrected chi connectivity index (χ4v) is 3.50. The summed E-state index contributed by atoms with van der Waals surface area (Å²) in [6.07, 6.45) is 2.21. The van der Waals surface area contributed by atoms with Gasteiger partial charge in [-0.05, 0) is 31.0 Å². The largest absolute Gasteiger partial charge is 0.378 e. The SMILES string of the molecule is O=C(NC1CC1)c1ccc2nc(N3CCOCC3)sc2c1. The van der Waals surface area contributed by atoms with Crippen molar-refractivity contribution in [1.29, 1.82) is 0 Å². The molecule has 0 atom stereocenters. The van der Waals surface area contributed by atoms with E-state index in [1.54, 1.807) is 11.3 Å². The third-order valence-electron chi connectivity index (χ3n) is 3.83. The number of morpholine rings is 1. The third-order valence-corrected chi connectivity index (χ3v) is 4.91. The molecule has 0 unspecified atom stereocenters. The number of nitrogens with zero attached hydrogens (tertiary/aromatic N) is 2. The molecule has 1 saturated carbocycles. The van der Waals surface area contributed by atoms with Gasteiger partial charge in [0.2, 0.25) is 0 Å². The number of hydrogen-bond acceptors (Lipinski definition) is 5. The number of nitrogens with one attached hydrogen (secondary N) is 1. The molecule has 0 radical (unpaired) electrons. The second kappa shape index (κ2) is 5.27. The fourth-order valence-electron chi connectivity index (χ4n) is 2.44. The van der Waals surface area contributed by atoms with Crippen LogP contribution in [0.15, 0.2) is 18.2 Å². The topological polar surface area (TPSA) is 54.5 Å². The highest BCUT2D eigenvalue weighted by molar-refractivity contribution is 7.22. The molecule has 2 aliphatic rings. The molecule has 1 aromatic heterocycles. The van der Waals surface area contributed by atoms with E-state index in [1.165, 1.54) is 0 Å². The number of fused-ring (bicyclic) bond motifs is 1. The van der Waals surface area contributed by atoms with E-state index in [-0.39, 0.29) is 5.91 Å². The normalized spacial score (nSPS) is 19.0. The van der Waals surface area contributed by atoms with Crippen LogP contribution in [0, 0.1) is 0 Å². The van der Waals surface area contributed by atoms with E-state index in [9.17, 15) is 4.79 Å². The molecule has 6 heteroatoms. The average Bonchev–Trinajstić information content (AvgIpc) is 3.23. The second-order valence-corrected chi connectivity index (χ2v) is 6.54. The standard InChI is InChI=1S/C15H17N3O2S/c19-14(16-11-2-3-11)10-1-4-12-13(9-10)21-15(17-12)18-5-7-20-8-6-18/h1,4,9,11H,2-3,5-8H2,(H,16,19). The summed E-state index contributed by atoms with van der Waals surface area (Å²) in [5.74, 6) is 0.0284. The van der Waals surface area contributed by atoms with Crippen LogP contribution in [-0.4, -0.2) is 43.2 Å². The van der Waals surface area contributed by atoms with Crippen molar-refractivity contribution >= 4 is 32.6 Å². The number of carbonyl (C=O) groups excluding carboxylic acids is 1. The minimum atomic E-state index is 0.0284. The van der Waals surface area contributed by atoms with Crippen molar-refractivity contribution in [3.8, 4) is 0 Å². The van der Waals surface area contributed by atoms with E-state index < -0.39 is 0 Å². The number of rotatable bonds is 3. The fraction of sp³-hybridized carbons (Fsp3) is 0.467. The summed E-state index contributed by atoms with van der Waals surface area (Å²) in [6, 6.07) is 6.15. The molecule has 4 rings (SSSR count). The zero-order chi connectivity index (χ0) is 14.2. The number of carbonyl (C=O) groups is 1. The summed E-state index contributed by atoms with van der Waals surface area (Å²) in [5.41, 5.74) is 1.69. The first-order chi connectivity index (χ1) is 10.3. The first kappa shape index (κ1) is 13.0.